The monoisotopic (exact) mass is 223 g/mol. The molecule has 3 atom stereocenters. The van der Waals surface area contributed by atoms with Crippen molar-refractivity contribution in [1.82, 2.24) is 4.90 Å². The topological polar surface area (TPSA) is 23.5 Å². The Bertz CT molecular complexity index is 237. The standard InChI is InChI=1S/C14H25NO/c16-14(12-4-2-1-3-5-12)10-15-9-11-6-7-13(15)8-11/h11-14,16H,1-10H2. The molecule has 0 radical (unpaired) electrons. The number of rotatable bonds is 3. The predicted molar refractivity (Wildman–Crippen MR) is 65.3 cm³/mol. The fraction of sp³-hybridized carbons (Fsp3) is 1.00. The maximum atomic E-state index is 10.3. The van der Waals surface area contributed by atoms with Gasteiger partial charge in [0.25, 0.3) is 0 Å². The summed E-state index contributed by atoms with van der Waals surface area (Å²) < 4.78 is 0. The van der Waals surface area contributed by atoms with Gasteiger partial charge in [-0.25, -0.2) is 0 Å². The lowest BCUT2D eigenvalue weighted by Gasteiger charge is -2.33. The van der Waals surface area contributed by atoms with Crippen LogP contribution in [-0.2, 0) is 0 Å². The van der Waals surface area contributed by atoms with Crippen molar-refractivity contribution in [2.75, 3.05) is 13.1 Å². The van der Waals surface area contributed by atoms with Crippen LogP contribution in [0.25, 0.3) is 0 Å². The molecule has 3 rings (SSSR count). The number of hydrogen-bond donors (Lipinski definition) is 1. The van der Waals surface area contributed by atoms with Crippen molar-refractivity contribution < 1.29 is 5.11 Å². The number of nitrogens with zero attached hydrogens (tertiary/aromatic N) is 1. The second-order valence-electron chi connectivity index (χ2n) is 6.25. The SMILES string of the molecule is OC(CN1CC2CCC1C2)C1CCCCC1. The second-order valence-corrected chi connectivity index (χ2v) is 6.25. The Morgan fingerprint density at radius 3 is 2.50 bits per heavy atom. The molecule has 0 aromatic heterocycles. The predicted octanol–water partition coefficient (Wildman–Crippen LogP) is 2.41. The molecule has 3 aliphatic rings. The van der Waals surface area contributed by atoms with Crippen LogP contribution < -0.4 is 0 Å². The van der Waals surface area contributed by atoms with Crippen molar-refractivity contribution in [3.63, 3.8) is 0 Å². The summed E-state index contributed by atoms with van der Waals surface area (Å²) in [6.45, 7) is 2.24. The fourth-order valence-electron chi connectivity index (χ4n) is 4.16. The molecule has 0 spiro atoms. The van der Waals surface area contributed by atoms with Crippen molar-refractivity contribution in [2.45, 2.75) is 63.5 Å². The highest BCUT2D eigenvalue weighted by Gasteiger charge is 2.39. The van der Waals surface area contributed by atoms with E-state index in [1.54, 1.807) is 0 Å². The van der Waals surface area contributed by atoms with Crippen LogP contribution >= 0.6 is 0 Å². The van der Waals surface area contributed by atoms with Gasteiger partial charge in [-0.3, -0.25) is 4.90 Å². The molecule has 3 unspecified atom stereocenters. The maximum Gasteiger partial charge on any atom is 0.0695 e. The largest absolute Gasteiger partial charge is 0.392 e. The molecule has 2 aliphatic carbocycles. The van der Waals surface area contributed by atoms with Gasteiger partial charge in [0.2, 0.25) is 0 Å². The van der Waals surface area contributed by atoms with Crippen molar-refractivity contribution in [1.29, 1.82) is 0 Å². The molecule has 0 amide bonds. The Balaban J connectivity index is 1.50. The average Bonchev–Trinajstić information content (AvgIpc) is 2.92. The highest BCUT2D eigenvalue weighted by Crippen LogP contribution is 2.38. The molecular weight excluding hydrogens is 198 g/mol. The molecule has 16 heavy (non-hydrogen) atoms. The van der Waals surface area contributed by atoms with Crippen LogP contribution in [0.4, 0.5) is 0 Å². The summed E-state index contributed by atoms with van der Waals surface area (Å²) in [5, 5.41) is 10.3. The highest BCUT2D eigenvalue weighted by atomic mass is 16.3. The van der Waals surface area contributed by atoms with Gasteiger partial charge < -0.3 is 5.11 Å². The van der Waals surface area contributed by atoms with E-state index in [4.69, 9.17) is 0 Å². The van der Waals surface area contributed by atoms with Crippen molar-refractivity contribution in [2.24, 2.45) is 11.8 Å². The molecule has 3 fully saturated rings. The summed E-state index contributed by atoms with van der Waals surface area (Å²) in [5.41, 5.74) is 0. The third-order valence-corrected chi connectivity index (χ3v) is 5.14. The van der Waals surface area contributed by atoms with Gasteiger partial charge in [-0.2, -0.15) is 0 Å². The Morgan fingerprint density at radius 2 is 1.88 bits per heavy atom. The Kier molecular flexibility index (Phi) is 3.21. The minimum atomic E-state index is -0.0420. The second kappa shape index (κ2) is 4.66. The number of β-amino-alcohol motifs (C(OH)–C–C–N with tert-alkyl or cyclic N) is 1. The molecule has 2 heteroatoms. The minimum Gasteiger partial charge on any atom is -0.392 e. The smallest absolute Gasteiger partial charge is 0.0695 e. The lowest BCUT2D eigenvalue weighted by molar-refractivity contribution is 0.0380. The first-order valence-electron chi connectivity index (χ1n) is 7.25. The van der Waals surface area contributed by atoms with E-state index in [1.165, 1.54) is 57.9 Å². The van der Waals surface area contributed by atoms with Crippen LogP contribution in [0.15, 0.2) is 0 Å². The van der Waals surface area contributed by atoms with E-state index in [1.807, 2.05) is 0 Å². The zero-order valence-corrected chi connectivity index (χ0v) is 10.3. The van der Waals surface area contributed by atoms with Gasteiger partial charge in [0.15, 0.2) is 0 Å². The van der Waals surface area contributed by atoms with Crippen molar-refractivity contribution in [3.05, 3.63) is 0 Å². The van der Waals surface area contributed by atoms with Crippen LogP contribution in [0.2, 0.25) is 0 Å². The number of piperidine rings is 1. The molecular formula is C14H25NO. The van der Waals surface area contributed by atoms with E-state index in [9.17, 15) is 5.11 Å². The van der Waals surface area contributed by atoms with Gasteiger partial charge in [-0.05, 0) is 43.9 Å². The number of hydrogen-bond acceptors (Lipinski definition) is 2. The van der Waals surface area contributed by atoms with E-state index in [0.29, 0.717) is 5.92 Å². The van der Waals surface area contributed by atoms with Crippen LogP contribution in [-0.4, -0.2) is 35.2 Å². The summed E-state index contributed by atoms with van der Waals surface area (Å²) in [6.07, 6.45) is 10.8. The van der Waals surface area contributed by atoms with Crippen LogP contribution in [0.1, 0.15) is 51.4 Å². The molecule has 2 nitrogen and oxygen atoms in total. The third-order valence-electron chi connectivity index (χ3n) is 5.14. The summed E-state index contributed by atoms with van der Waals surface area (Å²) in [7, 11) is 0. The van der Waals surface area contributed by atoms with Gasteiger partial charge in [0, 0.05) is 19.1 Å². The first-order chi connectivity index (χ1) is 7.83. The van der Waals surface area contributed by atoms with Gasteiger partial charge in [0.05, 0.1) is 6.10 Å². The summed E-state index contributed by atoms with van der Waals surface area (Å²) in [4.78, 5) is 2.58. The molecule has 1 saturated heterocycles. The van der Waals surface area contributed by atoms with Crippen LogP contribution in [0, 0.1) is 11.8 Å². The van der Waals surface area contributed by atoms with E-state index in [2.05, 4.69) is 4.90 Å². The minimum absolute atomic E-state index is 0.0420. The number of aliphatic hydroxyl groups excluding tert-OH is 1. The van der Waals surface area contributed by atoms with Gasteiger partial charge in [-0.1, -0.05) is 19.3 Å². The Labute approximate surface area is 99.0 Å². The molecule has 2 bridgehead atoms. The number of fused-ring (bicyclic) bond motifs is 2. The average molecular weight is 223 g/mol. The molecule has 2 saturated carbocycles. The lowest BCUT2D eigenvalue weighted by atomic mass is 9.85. The highest BCUT2D eigenvalue weighted by molar-refractivity contribution is 4.93. The zero-order chi connectivity index (χ0) is 11.0. The third kappa shape index (κ3) is 2.14. The quantitative estimate of drug-likeness (QED) is 0.794. The molecule has 1 N–H and O–H groups in total. The lowest BCUT2D eigenvalue weighted by Crippen LogP contribution is -2.41. The molecule has 0 aromatic rings. The van der Waals surface area contributed by atoms with Gasteiger partial charge in [0.1, 0.15) is 0 Å². The van der Waals surface area contributed by atoms with E-state index in [-0.39, 0.29) is 6.10 Å². The Morgan fingerprint density at radius 1 is 1.06 bits per heavy atom. The Hall–Kier alpha value is -0.0800. The molecule has 1 aliphatic heterocycles. The molecule has 92 valence electrons. The van der Waals surface area contributed by atoms with Crippen molar-refractivity contribution in [3.8, 4) is 0 Å². The first-order valence-corrected chi connectivity index (χ1v) is 7.25. The maximum absolute atomic E-state index is 10.3. The summed E-state index contributed by atoms with van der Waals surface area (Å²) in [5.74, 6) is 1.57. The van der Waals surface area contributed by atoms with Crippen LogP contribution in [0.5, 0.6) is 0 Å². The summed E-state index contributed by atoms with van der Waals surface area (Å²) in [6, 6.07) is 0.822. The number of likely N-dealkylation sites (tertiary alicyclic amines) is 1. The molecule has 1 heterocycles. The zero-order valence-electron chi connectivity index (χ0n) is 10.3. The normalized spacial score (nSPS) is 38.1. The van der Waals surface area contributed by atoms with Gasteiger partial charge in [-0.15, -0.1) is 0 Å². The summed E-state index contributed by atoms with van der Waals surface area (Å²) >= 11 is 0. The first kappa shape index (κ1) is 11.0. The van der Waals surface area contributed by atoms with E-state index in [0.717, 1.165) is 18.5 Å². The van der Waals surface area contributed by atoms with E-state index < -0.39 is 0 Å². The van der Waals surface area contributed by atoms with Crippen molar-refractivity contribution >= 4 is 0 Å². The fourth-order valence-corrected chi connectivity index (χ4v) is 4.16. The van der Waals surface area contributed by atoms with Gasteiger partial charge >= 0.3 is 0 Å². The van der Waals surface area contributed by atoms with Crippen LogP contribution in [0.3, 0.4) is 0 Å². The van der Waals surface area contributed by atoms with E-state index >= 15 is 0 Å². The number of aliphatic hydroxyl groups is 1. The molecule has 0 aromatic carbocycles.